The van der Waals surface area contributed by atoms with Crippen molar-refractivity contribution >= 4 is 41.3 Å². The van der Waals surface area contributed by atoms with Gasteiger partial charge < -0.3 is 15.1 Å². The molecular weight excluding hydrogens is 485 g/mol. The second kappa shape index (κ2) is 12.4. The lowest BCUT2D eigenvalue weighted by Crippen LogP contribution is -2.45. The Kier molecular flexibility index (Phi) is 10.3. The SMILES string of the molecule is CCN1CCCC1CNC(=NCC(C)c1nccs1)NCCc1ccco1.I. The van der Waals surface area contributed by atoms with Crippen LogP contribution in [-0.2, 0) is 6.42 Å². The Morgan fingerprint density at radius 1 is 1.46 bits per heavy atom. The molecule has 0 amide bonds. The van der Waals surface area contributed by atoms with Crippen LogP contribution in [0, 0.1) is 0 Å². The van der Waals surface area contributed by atoms with Crippen molar-refractivity contribution in [3.63, 3.8) is 0 Å². The summed E-state index contributed by atoms with van der Waals surface area (Å²) in [5.41, 5.74) is 0. The third kappa shape index (κ3) is 7.04. The van der Waals surface area contributed by atoms with Crippen LogP contribution in [0.15, 0.2) is 39.4 Å². The van der Waals surface area contributed by atoms with Crippen molar-refractivity contribution in [3.8, 4) is 0 Å². The van der Waals surface area contributed by atoms with E-state index in [9.17, 15) is 0 Å². The minimum absolute atomic E-state index is 0. The zero-order chi connectivity index (χ0) is 18.9. The Morgan fingerprint density at radius 2 is 2.36 bits per heavy atom. The topological polar surface area (TPSA) is 65.7 Å². The van der Waals surface area contributed by atoms with Crippen LogP contribution >= 0.6 is 35.3 Å². The van der Waals surface area contributed by atoms with E-state index in [0.717, 1.165) is 49.3 Å². The fraction of sp³-hybridized carbons (Fsp3) is 0.600. The number of nitrogens with zero attached hydrogens (tertiary/aromatic N) is 3. The number of halogens is 1. The van der Waals surface area contributed by atoms with E-state index in [1.807, 2.05) is 23.7 Å². The van der Waals surface area contributed by atoms with E-state index in [4.69, 9.17) is 9.41 Å². The van der Waals surface area contributed by atoms with Crippen LogP contribution in [0.1, 0.15) is 43.4 Å². The van der Waals surface area contributed by atoms with Gasteiger partial charge in [0.15, 0.2) is 5.96 Å². The number of aliphatic imine (C=N–C) groups is 1. The molecule has 8 heteroatoms. The largest absolute Gasteiger partial charge is 0.469 e. The van der Waals surface area contributed by atoms with Crippen molar-refractivity contribution < 1.29 is 4.42 Å². The predicted octanol–water partition coefficient (Wildman–Crippen LogP) is 3.72. The van der Waals surface area contributed by atoms with E-state index in [2.05, 4.69) is 34.4 Å². The van der Waals surface area contributed by atoms with Gasteiger partial charge in [-0.25, -0.2) is 4.98 Å². The first-order chi connectivity index (χ1) is 13.3. The van der Waals surface area contributed by atoms with E-state index in [1.165, 1.54) is 19.4 Å². The van der Waals surface area contributed by atoms with E-state index in [0.29, 0.717) is 12.0 Å². The summed E-state index contributed by atoms with van der Waals surface area (Å²) in [4.78, 5) is 11.8. The normalized spacial score (nSPS) is 18.6. The maximum absolute atomic E-state index is 5.42. The molecule has 2 aromatic rings. The standard InChI is InChI=1S/C20H31N5OS.HI/c1-3-25-11-4-6-17(25)15-24-20(22-9-8-18-7-5-12-26-18)23-14-16(2)19-21-10-13-27-19;/h5,7,10,12-13,16-17H,3-4,6,8-9,11,14-15H2,1-2H3,(H2,22,23,24);1H. The van der Waals surface area contributed by atoms with Crippen LogP contribution in [0.2, 0.25) is 0 Å². The van der Waals surface area contributed by atoms with E-state index in [-0.39, 0.29) is 24.0 Å². The zero-order valence-electron chi connectivity index (χ0n) is 16.8. The van der Waals surface area contributed by atoms with Crippen LogP contribution in [0.25, 0.3) is 0 Å². The van der Waals surface area contributed by atoms with Crippen LogP contribution in [-0.4, -0.2) is 54.6 Å². The van der Waals surface area contributed by atoms with E-state index in [1.54, 1.807) is 17.6 Å². The number of rotatable bonds is 9. The van der Waals surface area contributed by atoms with Gasteiger partial charge in [-0.1, -0.05) is 13.8 Å². The molecule has 0 radical (unpaired) electrons. The van der Waals surface area contributed by atoms with Crippen LogP contribution in [0.3, 0.4) is 0 Å². The van der Waals surface area contributed by atoms with Crippen molar-refractivity contribution in [2.24, 2.45) is 4.99 Å². The molecule has 2 unspecified atom stereocenters. The molecule has 2 atom stereocenters. The molecule has 0 bridgehead atoms. The number of likely N-dealkylation sites (tertiary alicyclic amines) is 1. The summed E-state index contributed by atoms with van der Waals surface area (Å²) < 4.78 is 5.42. The molecule has 3 heterocycles. The lowest BCUT2D eigenvalue weighted by molar-refractivity contribution is 0.267. The molecule has 1 aliphatic heterocycles. The third-order valence-corrected chi connectivity index (χ3v) is 6.06. The van der Waals surface area contributed by atoms with E-state index >= 15 is 0 Å². The fourth-order valence-corrected chi connectivity index (χ4v) is 4.16. The zero-order valence-corrected chi connectivity index (χ0v) is 19.9. The van der Waals surface area contributed by atoms with Crippen LogP contribution < -0.4 is 10.6 Å². The Bertz CT molecular complexity index is 677. The van der Waals surface area contributed by atoms with Crippen molar-refractivity contribution in [1.82, 2.24) is 20.5 Å². The van der Waals surface area contributed by atoms with Crippen molar-refractivity contribution in [1.29, 1.82) is 0 Å². The Morgan fingerprint density at radius 3 is 3.07 bits per heavy atom. The molecule has 2 N–H and O–H groups in total. The summed E-state index contributed by atoms with van der Waals surface area (Å²) in [6.07, 6.45) is 6.98. The maximum Gasteiger partial charge on any atom is 0.191 e. The van der Waals surface area contributed by atoms with Gasteiger partial charge in [0.05, 0.1) is 17.8 Å². The number of thiazole rings is 1. The average Bonchev–Trinajstić information content (AvgIpc) is 3.45. The monoisotopic (exact) mass is 517 g/mol. The quantitative estimate of drug-likeness (QED) is 0.302. The van der Waals surface area contributed by atoms with Gasteiger partial charge in [0.1, 0.15) is 5.76 Å². The highest BCUT2D eigenvalue weighted by Gasteiger charge is 2.22. The lowest BCUT2D eigenvalue weighted by Gasteiger charge is -2.24. The van der Waals surface area contributed by atoms with Gasteiger partial charge in [-0.3, -0.25) is 9.89 Å². The van der Waals surface area contributed by atoms with E-state index < -0.39 is 0 Å². The highest BCUT2D eigenvalue weighted by atomic mass is 127. The number of hydrogen-bond acceptors (Lipinski definition) is 5. The van der Waals surface area contributed by atoms with Gasteiger partial charge in [-0.05, 0) is 38.1 Å². The van der Waals surface area contributed by atoms with Gasteiger partial charge in [-0.15, -0.1) is 35.3 Å². The summed E-state index contributed by atoms with van der Waals surface area (Å²) in [6.45, 7) is 9.21. The van der Waals surface area contributed by atoms with Crippen LogP contribution in [0.5, 0.6) is 0 Å². The number of nitrogens with one attached hydrogen (secondary N) is 2. The first kappa shape index (κ1) is 23.2. The summed E-state index contributed by atoms with van der Waals surface area (Å²) in [5.74, 6) is 2.20. The molecule has 3 rings (SSSR count). The number of aromatic nitrogens is 1. The molecule has 156 valence electrons. The molecule has 1 fully saturated rings. The highest BCUT2D eigenvalue weighted by molar-refractivity contribution is 14.0. The Hall–Kier alpha value is -1.13. The molecule has 0 aliphatic carbocycles. The minimum atomic E-state index is 0. The Labute approximate surface area is 189 Å². The molecule has 0 saturated carbocycles. The number of guanidine groups is 1. The predicted molar refractivity (Wildman–Crippen MR) is 127 cm³/mol. The second-order valence-electron chi connectivity index (χ2n) is 7.02. The fourth-order valence-electron chi connectivity index (χ4n) is 3.47. The summed E-state index contributed by atoms with van der Waals surface area (Å²) in [7, 11) is 0. The minimum Gasteiger partial charge on any atom is -0.469 e. The van der Waals surface area contributed by atoms with Gasteiger partial charge in [0.25, 0.3) is 0 Å². The molecule has 28 heavy (non-hydrogen) atoms. The van der Waals surface area contributed by atoms with Crippen molar-refractivity contribution in [2.75, 3.05) is 32.7 Å². The van der Waals surface area contributed by atoms with Gasteiger partial charge in [-0.2, -0.15) is 0 Å². The summed E-state index contributed by atoms with van der Waals surface area (Å²) >= 11 is 1.70. The number of furan rings is 1. The maximum atomic E-state index is 5.42. The van der Waals surface area contributed by atoms with Crippen LogP contribution in [0.4, 0.5) is 0 Å². The average molecular weight is 517 g/mol. The Balaban J connectivity index is 0.00000280. The molecule has 1 aliphatic rings. The molecule has 6 nitrogen and oxygen atoms in total. The number of hydrogen-bond donors (Lipinski definition) is 2. The lowest BCUT2D eigenvalue weighted by atomic mass is 10.2. The van der Waals surface area contributed by atoms with Crippen molar-refractivity contribution in [2.45, 2.75) is 45.1 Å². The molecule has 0 spiro atoms. The molecule has 0 aromatic carbocycles. The first-order valence-electron chi connectivity index (χ1n) is 9.94. The molecular formula is C20H32IN5OS. The smallest absolute Gasteiger partial charge is 0.191 e. The highest BCUT2D eigenvalue weighted by Crippen LogP contribution is 2.18. The van der Waals surface area contributed by atoms with Gasteiger partial charge >= 0.3 is 0 Å². The van der Waals surface area contributed by atoms with Gasteiger partial charge in [0.2, 0.25) is 0 Å². The summed E-state index contributed by atoms with van der Waals surface area (Å²) in [5, 5.41) is 10.2. The number of likely N-dealkylation sites (N-methyl/N-ethyl adjacent to an activating group) is 1. The van der Waals surface area contributed by atoms with Crippen molar-refractivity contribution in [3.05, 3.63) is 40.7 Å². The van der Waals surface area contributed by atoms with Gasteiger partial charge in [0, 0.05) is 43.0 Å². The molecule has 1 saturated heterocycles. The molecule has 2 aromatic heterocycles. The second-order valence-corrected chi connectivity index (χ2v) is 7.95. The summed E-state index contributed by atoms with van der Waals surface area (Å²) in [6, 6.07) is 4.54. The third-order valence-electron chi connectivity index (χ3n) is 5.05. The first-order valence-corrected chi connectivity index (χ1v) is 10.8.